The number of hydrogen-bond donors (Lipinski definition) is 2. The van der Waals surface area contributed by atoms with E-state index in [1.54, 1.807) is 0 Å². The number of amides is 2. The van der Waals surface area contributed by atoms with Gasteiger partial charge in [-0.2, -0.15) is 0 Å². The summed E-state index contributed by atoms with van der Waals surface area (Å²) < 4.78 is 0. The number of fused-ring (bicyclic) bond motifs is 1. The van der Waals surface area contributed by atoms with Crippen molar-refractivity contribution >= 4 is 17.5 Å². The molecule has 4 heteroatoms. The summed E-state index contributed by atoms with van der Waals surface area (Å²) in [5.41, 5.74) is 5.18. The van der Waals surface area contributed by atoms with Gasteiger partial charge in [0.15, 0.2) is 0 Å². The Morgan fingerprint density at radius 2 is 1.96 bits per heavy atom. The summed E-state index contributed by atoms with van der Waals surface area (Å²) in [5.74, 6) is 0.663. The van der Waals surface area contributed by atoms with Gasteiger partial charge in [-0.3, -0.25) is 9.59 Å². The van der Waals surface area contributed by atoms with E-state index < -0.39 is 5.41 Å². The second kappa shape index (κ2) is 5.97. The van der Waals surface area contributed by atoms with Gasteiger partial charge in [0.1, 0.15) is 0 Å². The van der Waals surface area contributed by atoms with Crippen LogP contribution in [0.5, 0.6) is 0 Å². The zero-order chi connectivity index (χ0) is 18.5. The van der Waals surface area contributed by atoms with Gasteiger partial charge in [-0.1, -0.05) is 18.2 Å². The van der Waals surface area contributed by atoms with Crippen molar-refractivity contribution in [2.24, 2.45) is 5.92 Å². The molecule has 4 rings (SSSR count). The van der Waals surface area contributed by atoms with Crippen molar-refractivity contribution in [3.8, 4) is 11.1 Å². The van der Waals surface area contributed by atoms with Crippen LogP contribution < -0.4 is 10.6 Å². The summed E-state index contributed by atoms with van der Waals surface area (Å²) in [6, 6.07) is 11.9. The molecule has 1 fully saturated rings. The molecule has 1 heterocycles. The van der Waals surface area contributed by atoms with Crippen LogP contribution in [0.3, 0.4) is 0 Å². The molecule has 0 spiro atoms. The molecule has 0 radical (unpaired) electrons. The Morgan fingerprint density at radius 3 is 2.69 bits per heavy atom. The Labute approximate surface area is 154 Å². The lowest BCUT2D eigenvalue weighted by Crippen LogP contribution is -2.26. The average Bonchev–Trinajstić information content (AvgIpc) is 3.40. The lowest BCUT2D eigenvalue weighted by atomic mass is 9.85. The van der Waals surface area contributed by atoms with Gasteiger partial charge in [-0.15, -0.1) is 0 Å². The van der Waals surface area contributed by atoms with E-state index in [1.807, 2.05) is 57.2 Å². The smallest absolute Gasteiger partial charge is 0.251 e. The summed E-state index contributed by atoms with van der Waals surface area (Å²) in [7, 11) is 0. The van der Waals surface area contributed by atoms with Crippen molar-refractivity contribution in [1.29, 1.82) is 0 Å². The van der Waals surface area contributed by atoms with E-state index in [0.717, 1.165) is 34.5 Å². The molecule has 2 N–H and O–H groups in total. The highest BCUT2D eigenvalue weighted by atomic mass is 16.2. The normalized spacial score (nSPS) is 17.6. The molecular formula is C22H24N2O2. The Bertz CT molecular complexity index is 910. The van der Waals surface area contributed by atoms with Gasteiger partial charge in [-0.25, -0.2) is 0 Å². The molecule has 0 unspecified atom stereocenters. The number of nitrogens with one attached hydrogen (secondary N) is 2. The minimum absolute atomic E-state index is 0.0197. The van der Waals surface area contributed by atoms with Gasteiger partial charge in [0.25, 0.3) is 5.91 Å². The fourth-order valence-electron chi connectivity index (χ4n) is 3.50. The summed E-state index contributed by atoms with van der Waals surface area (Å²) in [6.07, 6.45) is 2.44. The van der Waals surface area contributed by atoms with Gasteiger partial charge in [0, 0.05) is 17.8 Å². The first kappa shape index (κ1) is 16.8. The maximum absolute atomic E-state index is 12.4. The number of hydrogen-bond acceptors (Lipinski definition) is 2. The molecule has 134 valence electrons. The third kappa shape index (κ3) is 2.90. The molecule has 2 amide bonds. The molecule has 26 heavy (non-hydrogen) atoms. The Morgan fingerprint density at radius 1 is 1.19 bits per heavy atom. The number of anilines is 1. The summed E-state index contributed by atoms with van der Waals surface area (Å²) in [6.45, 7) is 6.67. The predicted molar refractivity (Wildman–Crippen MR) is 103 cm³/mol. The first-order chi connectivity index (χ1) is 12.4. The lowest BCUT2D eigenvalue weighted by Gasteiger charge is -2.15. The highest BCUT2D eigenvalue weighted by Crippen LogP contribution is 2.40. The fourth-order valence-corrected chi connectivity index (χ4v) is 3.50. The van der Waals surface area contributed by atoms with Crippen LogP contribution in [0.25, 0.3) is 11.1 Å². The van der Waals surface area contributed by atoms with Crippen molar-refractivity contribution in [2.45, 2.75) is 39.0 Å². The summed E-state index contributed by atoms with van der Waals surface area (Å²) in [4.78, 5) is 24.6. The average molecular weight is 348 g/mol. The third-order valence-corrected chi connectivity index (χ3v) is 5.57. The SMILES string of the molecule is Cc1ccc(C(=O)NCC2CC2)cc1-c1ccc2c(c1)NC(=O)C2(C)C. The molecule has 0 aromatic heterocycles. The molecule has 2 aromatic rings. The van der Waals surface area contributed by atoms with Crippen LogP contribution in [0.2, 0.25) is 0 Å². The van der Waals surface area contributed by atoms with Gasteiger partial charge in [0.2, 0.25) is 5.91 Å². The van der Waals surface area contributed by atoms with E-state index in [1.165, 1.54) is 12.8 Å². The van der Waals surface area contributed by atoms with E-state index in [4.69, 9.17) is 0 Å². The molecule has 2 aliphatic rings. The number of carbonyl (C=O) groups is 2. The second-order valence-electron chi connectivity index (χ2n) is 8.02. The summed E-state index contributed by atoms with van der Waals surface area (Å²) >= 11 is 0. The quantitative estimate of drug-likeness (QED) is 0.876. The van der Waals surface area contributed by atoms with Crippen LogP contribution in [-0.4, -0.2) is 18.4 Å². The zero-order valence-electron chi connectivity index (χ0n) is 15.5. The molecule has 2 aromatic carbocycles. The lowest BCUT2D eigenvalue weighted by molar-refractivity contribution is -0.119. The van der Waals surface area contributed by atoms with Crippen LogP contribution in [-0.2, 0) is 10.2 Å². The maximum atomic E-state index is 12.4. The van der Waals surface area contributed by atoms with Gasteiger partial charge >= 0.3 is 0 Å². The highest BCUT2D eigenvalue weighted by Gasteiger charge is 2.38. The fraction of sp³-hybridized carbons (Fsp3) is 0.364. The highest BCUT2D eigenvalue weighted by molar-refractivity contribution is 6.06. The molecular weight excluding hydrogens is 324 g/mol. The molecule has 0 bridgehead atoms. The number of aryl methyl sites for hydroxylation is 1. The first-order valence-electron chi connectivity index (χ1n) is 9.21. The van der Waals surface area contributed by atoms with Crippen LogP contribution in [0.15, 0.2) is 36.4 Å². The van der Waals surface area contributed by atoms with E-state index in [0.29, 0.717) is 11.5 Å². The molecule has 4 nitrogen and oxygen atoms in total. The number of benzene rings is 2. The van der Waals surface area contributed by atoms with Gasteiger partial charge < -0.3 is 10.6 Å². The molecule has 1 saturated carbocycles. The third-order valence-electron chi connectivity index (χ3n) is 5.57. The Balaban J connectivity index is 1.65. The van der Waals surface area contributed by atoms with Gasteiger partial charge in [-0.05, 0) is 80.0 Å². The standard InChI is InChI=1S/C22H24N2O2/c1-13-4-7-16(20(25)23-12-14-5-6-14)10-17(13)15-8-9-18-19(11-15)24-21(26)22(18,2)3/h4,7-11,14H,5-6,12H2,1-3H3,(H,23,25)(H,24,26). The Kier molecular flexibility index (Phi) is 3.87. The first-order valence-corrected chi connectivity index (χ1v) is 9.21. The van der Waals surface area contributed by atoms with Crippen molar-refractivity contribution in [3.63, 3.8) is 0 Å². The predicted octanol–water partition coefficient (Wildman–Crippen LogP) is 4.03. The van der Waals surface area contributed by atoms with Crippen molar-refractivity contribution in [1.82, 2.24) is 5.32 Å². The van der Waals surface area contributed by atoms with Crippen LogP contribution >= 0.6 is 0 Å². The zero-order valence-corrected chi connectivity index (χ0v) is 15.5. The molecule has 1 aliphatic carbocycles. The molecule has 0 saturated heterocycles. The minimum Gasteiger partial charge on any atom is -0.352 e. The monoisotopic (exact) mass is 348 g/mol. The van der Waals surface area contributed by atoms with Gasteiger partial charge in [0.05, 0.1) is 5.41 Å². The van der Waals surface area contributed by atoms with E-state index in [-0.39, 0.29) is 11.8 Å². The Hall–Kier alpha value is -2.62. The minimum atomic E-state index is -0.506. The number of carbonyl (C=O) groups excluding carboxylic acids is 2. The van der Waals surface area contributed by atoms with E-state index in [9.17, 15) is 9.59 Å². The molecule has 1 aliphatic heterocycles. The second-order valence-corrected chi connectivity index (χ2v) is 8.02. The maximum Gasteiger partial charge on any atom is 0.251 e. The van der Waals surface area contributed by atoms with E-state index >= 15 is 0 Å². The van der Waals surface area contributed by atoms with Crippen LogP contribution in [0.1, 0.15) is 48.2 Å². The topological polar surface area (TPSA) is 58.2 Å². The van der Waals surface area contributed by atoms with Crippen molar-refractivity contribution in [2.75, 3.05) is 11.9 Å². The van der Waals surface area contributed by atoms with Crippen molar-refractivity contribution < 1.29 is 9.59 Å². The number of rotatable bonds is 4. The van der Waals surface area contributed by atoms with Crippen LogP contribution in [0.4, 0.5) is 5.69 Å². The summed E-state index contributed by atoms with van der Waals surface area (Å²) in [5, 5.41) is 6.00. The van der Waals surface area contributed by atoms with Crippen LogP contribution in [0, 0.1) is 12.8 Å². The van der Waals surface area contributed by atoms with Crippen molar-refractivity contribution in [3.05, 3.63) is 53.1 Å². The molecule has 0 atom stereocenters. The van der Waals surface area contributed by atoms with E-state index in [2.05, 4.69) is 10.6 Å². The largest absolute Gasteiger partial charge is 0.352 e.